The molecule has 4 rings (SSSR count). The fourth-order valence-electron chi connectivity index (χ4n) is 3.80. The van der Waals surface area contributed by atoms with E-state index < -0.39 is 0 Å². The first-order valence-corrected chi connectivity index (χ1v) is 11.3. The van der Waals surface area contributed by atoms with Crippen molar-refractivity contribution in [3.05, 3.63) is 65.4 Å². The van der Waals surface area contributed by atoms with Crippen molar-refractivity contribution in [3.8, 4) is 11.4 Å². The number of thioether (sulfide) groups is 1. The zero-order valence-electron chi connectivity index (χ0n) is 18.9. The number of nitrogens with one attached hydrogen (secondary N) is 1. The molecule has 31 heavy (non-hydrogen) atoms. The Morgan fingerprint density at radius 3 is 2.42 bits per heavy atom. The molecule has 1 N–H and O–H groups in total. The minimum Gasteiger partial charge on any atom is -0.358 e. The van der Waals surface area contributed by atoms with Crippen molar-refractivity contribution in [3.63, 3.8) is 0 Å². The third-order valence-electron chi connectivity index (χ3n) is 5.64. The predicted octanol–water partition coefficient (Wildman–Crippen LogP) is 5.93. The van der Waals surface area contributed by atoms with E-state index in [4.69, 9.17) is 0 Å². The molecule has 0 fully saturated rings. The summed E-state index contributed by atoms with van der Waals surface area (Å²) in [7, 11) is 1.95. The molecule has 0 spiro atoms. The summed E-state index contributed by atoms with van der Waals surface area (Å²) >= 11 is 1.44. The summed E-state index contributed by atoms with van der Waals surface area (Å²) in [6, 6.07) is 16.4. The van der Waals surface area contributed by atoms with Crippen LogP contribution in [0.5, 0.6) is 0 Å². The van der Waals surface area contributed by atoms with Gasteiger partial charge >= 0.3 is 0 Å². The van der Waals surface area contributed by atoms with Gasteiger partial charge in [-0.05, 0) is 30.9 Å². The molecular weight excluding hydrogens is 404 g/mol. The van der Waals surface area contributed by atoms with Crippen molar-refractivity contribution < 1.29 is 4.79 Å². The summed E-state index contributed by atoms with van der Waals surface area (Å²) in [6.45, 7) is 10.5. The minimum atomic E-state index is -0.281. The number of aromatic amines is 1. The molecular formula is C25H28N4OS. The lowest BCUT2D eigenvalue weighted by molar-refractivity contribution is 0.0995. The standard InChI is InChI=1S/C25H28N4OS/c1-15-21(19-9-7-8-10-20(19)26-15)22(30)16(2)31-24-28-27-23(29(24)6)17-11-13-18(14-12-17)25(3,4)5/h7-14,16,26H,1-6H3. The van der Waals surface area contributed by atoms with Crippen LogP contribution in [0.2, 0.25) is 0 Å². The molecule has 2 heterocycles. The van der Waals surface area contributed by atoms with E-state index in [0.29, 0.717) is 0 Å². The highest BCUT2D eigenvalue weighted by atomic mass is 32.2. The smallest absolute Gasteiger partial charge is 0.191 e. The zero-order valence-corrected chi connectivity index (χ0v) is 19.7. The number of hydrogen-bond acceptors (Lipinski definition) is 4. The van der Waals surface area contributed by atoms with Gasteiger partial charge in [0.25, 0.3) is 0 Å². The number of aromatic nitrogens is 4. The average Bonchev–Trinajstić information content (AvgIpc) is 3.26. The van der Waals surface area contributed by atoms with E-state index >= 15 is 0 Å². The normalized spacial score (nSPS) is 13.0. The SMILES string of the molecule is Cc1[nH]c2ccccc2c1C(=O)C(C)Sc1nnc(-c2ccc(C(C)(C)C)cc2)n1C. The van der Waals surface area contributed by atoms with Crippen molar-refractivity contribution in [2.24, 2.45) is 7.05 Å². The number of aryl methyl sites for hydroxylation is 1. The van der Waals surface area contributed by atoms with Crippen LogP contribution in [0.4, 0.5) is 0 Å². The largest absolute Gasteiger partial charge is 0.358 e. The van der Waals surface area contributed by atoms with E-state index in [1.165, 1.54) is 17.3 Å². The molecule has 1 unspecified atom stereocenters. The topological polar surface area (TPSA) is 63.6 Å². The van der Waals surface area contributed by atoms with Crippen molar-refractivity contribution in [2.75, 3.05) is 0 Å². The van der Waals surface area contributed by atoms with Gasteiger partial charge in [-0.15, -0.1) is 10.2 Å². The fourth-order valence-corrected chi connectivity index (χ4v) is 4.67. The Labute approximate surface area is 187 Å². The number of nitrogens with zero attached hydrogens (tertiary/aromatic N) is 3. The first-order chi connectivity index (χ1) is 14.7. The molecule has 0 radical (unpaired) electrons. The van der Waals surface area contributed by atoms with Crippen LogP contribution >= 0.6 is 11.8 Å². The number of Topliss-reactive ketones (excluding diaryl/α,β-unsaturated/α-hetero) is 1. The van der Waals surface area contributed by atoms with E-state index in [2.05, 4.69) is 60.2 Å². The second kappa shape index (κ2) is 8.00. The highest BCUT2D eigenvalue weighted by Crippen LogP contribution is 2.31. The molecule has 2 aromatic heterocycles. The van der Waals surface area contributed by atoms with Gasteiger partial charge in [0.15, 0.2) is 16.8 Å². The molecule has 0 aliphatic heterocycles. The molecule has 2 aromatic carbocycles. The molecule has 5 nitrogen and oxygen atoms in total. The van der Waals surface area contributed by atoms with Gasteiger partial charge in [-0.2, -0.15) is 0 Å². The number of para-hydroxylation sites is 1. The zero-order chi connectivity index (χ0) is 22.3. The number of hydrogen-bond donors (Lipinski definition) is 1. The molecule has 0 aliphatic rings. The molecule has 0 aliphatic carbocycles. The average molecular weight is 433 g/mol. The first-order valence-electron chi connectivity index (χ1n) is 10.5. The Morgan fingerprint density at radius 1 is 1.06 bits per heavy atom. The Hall–Kier alpha value is -2.86. The van der Waals surface area contributed by atoms with Crippen LogP contribution in [-0.4, -0.2) is 30.8 Å². The Bertz CT molecular complexity index is 1250. The molecule has 0 saturated carbocycles. The summed E-state index contributed by atoms with van der Waals surface area (Å²) in [5.74, 6) is 0.893. The van der Waals surface area contributed by atoms with Crippen molar-refractivity contribution in [2.45, 2.75) is 50.4 Å². The second-order valence-electron chi connectivity index (χ2n) is 8.99. The molecule has 160 valence electrons. The fraction of sp³-hybridized carbons (Fsp3) is 0.320. The van der Waals surface area contributed by atoms with Gasteiger partial charge in [0.1, 0.15) is 0 Å². The lowest BCUT2D eigenvalue weighted by atomic mass is 9.87. The molecule has 0 amide bonds. The van der Waals surface area contributed by atoms with Crippen molar-refractivity contribution >= 4 is 28.4 Å². The molecule has 1 atom stereocenters. The number of rotatable bonds is 5. The van der Waals surface area contributed by atoms with Gasteiger partial charge in [0.2, 0.25) is 0 Å². The first kappa shape index (κ1) is 21.4. The van der Waals surface area contributed by atoms with Gasteiger partial charge in [0, 0.05) is 34.8 Å². The maximum Gasteiger partial charge on any atom is 0.191 e. The van der Waals surface area contributed by atoms with Crippen LogP contribution in [-0.2, 0) is 12.5 Å². The van der Waals surface area contributed by atoms with Gasteiger partial charge < -0.3 is 9.55 Å². The maximum absolute atomic E-state index is 13.3. The summed E-state index contributed by atoms with van der Waals surface area (Å²) in [4.78, 5) is 16.6. The third kappa shape index (κ3) is 4.04. The Kier molecular flexibility index (Phi) is 5.52. The van der Waals surface area contributed by atoms with Crippen LogP contribution in [0.25, 0.3) is 22.3 Å². The number of fused-ring (bicyclic) bond motifs is 1. The molecule has 0 bridgehead atoms. The minimum absolute atomic E-state index is 0.0963. The highest BCUT2D eigenvalue weighted by Gasteiger charge is 2.24. The van der Waals surface area contributed by atoms with Gasteiger partial charge in [-0.3, -0.25) is 4.79 Å². The van der Waals surface area contributed by atoms with E-state index in [9.17, 15) is 4.79 Å². The lowest BCUT2D eigenvalue weighted by Crippen LogP contribution is -2.15. The molecule has 6 heteroatoms. The highest BCUT2D eigenvalue weighted by molar-refractivity contribution is 8.00. The Balaban J connectivity index is 1.57. The Morgan fingerprint density at radius 2 is 1.74 bits per heavy atom. The van der Waals surface area contributed by atoms with Crippen LogP contribution < -0.4 is 0 Å². The van der Waals surface area contributed by atoms with Crippen molar-refractivity contribution in [1.82, 2.24) is 19.7 Å². The van der Waals surface area contributed by atoms with E-state index in [0.717, 1.165) is 38.7 Å². The van der Waals surface area contributed by atoms with E-state index in [1.54, 1.807) is 0 Å². The van der Waals surface area contributed by atoms with Crippen LogP contribution in [0.15, 0.2) is 53.7 Å². The molecule has 4 aromatic rings. The van der Waals surface area contributed by atoms with Gasteiger partial charge in [0.05, 0.1) is 5.25 Å². The van der Waals surface area contributed by atoms with Crippen LogP contribution in [0.1, 0.15) is 49.3 Å². The predicted molar refractivity (Wildman–Crippen MR) is 128 cm³/mol. The summed E-state index contributed by atoms with van der Waals surface area (Å²) < 4.78 is 1.96. The number of carbonyl (C=O) groups is 1. The second-order valence-corrected chi connectivity index (χ2v) is 10.3. The van der Waals surface area contributed by atoms with Crippen molar-refractivity contribution in [1.29, 1.82) is 0 Å². The molecule has 0 saturated heterocycles. The van der Waals surface area contributed by atoms with Gasteiger partial charge in [-0.25, -0.2) is 0 Å². The lowest BCUT2D eigenvalue weighted by Gasteiger charge is -2.19. The number of carbonyl (C=O) groups excluding carboxylic acids is 1. The van der Waals surface area contributed by atoms with Crippen LogP contribution in [0, 0.1) is 6.92 Å². The van der Waals surface area contributed by atoms with Crippen LogP contribution in [0.3, 0.4) is 0 Å². The maximum atomic E-state index is 13.3. The summed E-state index contributed by atoms with van der Waals surface area (Å²) in [5.41, 5.74) is 5.05. The summed E-state index contributed by atoms with van der Waals surface area (Å²) in [5, 5.41) is 10.2. The quantitative estimate of drug-likeness (QED) is 0.313. The van der Waals surface area contributed by atoms with E-state index in [-0.39, 0.29) is 16.4 Å². The number of benzene rings is 2. The van der Waals surface area contributed by atoms with Gasteiger partial charge in [-0.1, -0.05) is 75.0 Å². The number of H-pyrrole nitrogens is 1. The number of ketones is 1. The van der Waals surface area contributed by atoms with E-state index in [1.807, 2.05) is 49.7 Å². The summed E-state index contributed by atoms with van der Waals surface area (Å²) in [6.07, 6.45) is 0. The third-order valence-corrected chi connectivity index (χ3v) is 6.77. The monoisotopic (exact) mass is 432 g/mol.